The molecule has 1 aliphatic rings. The van der Waals surface area contributed by atoms with Gasteiger partial charge in [0.1, 0.15) is 30.5 Å². The second-order valence-corrected chi connectivity index (χ2v) is 3.49. The average molecular weight is 224 g/mol. The molecule has 0 heterocycles. The SMILES string of the molecule is O=C(O)C1(O)C(O)C(O)C(O)C(O)C1O. The maximum atomic E-state index is 10.6. The van der Waals surface area contributed by atoms with Crippen molar-refractivity contribution in [2.24, 2.45) is 0 Å². The van der Waals surface area contributed by atoms with Gasteiger partial charge in [0.05, 0.1) is 0 Å². The van der Waals surface area contributed by atoms with Crippen molar-refractivity contribution >= 4 is 5.97 Å². The van der Waals surface area contributed by atoms with Gasteiger partial charge in [-0.15, -0.1) is 0 Å². The van der Waals surface area contributed by atoms with E-state index < -0.39 is 42.1 Å². The van der Waals surface area contributed by atoms with Gasteiger partial charge in [0.2, 0.25) is 5.60 Å². The van der Waals surface area contributed by atoms with E-state index in [0.29, 0.717) is 0 Å². The Labute approximate surface area is 83.6 Å². The highest BCUT2D eigenvalue weighted by atomic mass is 16.5. The normalized spacial score (nSPS) is 51.5. The van der Waals surface area contributed by atoms with Crippen molar-refractivity contribution in [2.75, 3.05) is 0 Å². The van der Waals surface area contributed by atoms with Crippen molar-refractivity contribution < 1.29 is 40.5 Å². The molecule has 1 aliphatic carbocycles. The maximum absolute atomic E-state index is 10.6. The third kappa shape index (κ3) is 1.51. The lowest BCUT2D eigenvalue weighted by Crippen LogP contribution is -2.73. The van der Waals surface area contributed by atoms with Gasteiger partial charge in [-0.2, -0.15) is 0 Å². The van der Waals surface area contributed by atoms with Crippen LogP contribution in [0.3, 0.4) is 0 Å². The van der Waals surface area contributed by atoms with E-state index in [9.17, 15) is 20.1 Å². The van der Waals surface area contributed by atoms with Crippen molar-refractivity contribution in [1.29, 1.82) is 0 Å². The molecule has 8 nitrogen and oxygen atoms in total. The Bertz CT molecular complexity index is 250. The summed E-state index contributed by atoms with van der Waals surface area (Å²) in [4.78, 5) is 10.6. The summed E-state index contributed by atoms with van der Waals surface area (Å²) < 4.78 is 0. The van der Waals surface area contributed by atoms with E-state index in [1.54, 1.807) is 0 Å². The molecule has 88 valence electrons. The second-order valence-electron chi connectivity index (χ2n) is 3.49. The van der Waals surface area contributed by atoms with Gasteiger partial charge in [-0.25, -0.2) is 4.79 Å². The van der Waals surface area contributed by atoms with Gasteiger partial charge in [0.15, 0.2) is 0 Å². The Balaban J connectivity index is 3.12. The minimum absolute atomic E-state index is 1.94. The van der Waals surface area contributed by atoms with Gasteiger partial charge in [0, 0.05) is 0 Å². The summed E-state index contributed by atoms with van der Waals surface area (Å²) in [5.41, 5.74) is -3.11. The number of aliphatic hydroxyl groups excluding tert-OH is 5. The molecular formula is C7H12O8. The molecule has 1 rings (SSSR count). The summed E-state index contributed by atoms with van der Waals surface area (Å²) in [7, 11) is 0. The number of hydrogen-bond donors (Lipinski definition) is 7. The van der Waals surface area contributed by atoms with Crippen LogP contribution in [0.2, 0.25) is 0 Å². The first-order valence-corrected chi connectivity index (χ1v) is 4.10. The number of carboxylic acid groups (broad SMARTS) is 1. The van der Waals surface area contributed by atoms with E-state index in [0.717, 1.165) is 0 Å². The van der Waals surface area contributed by atoms with Crippen LogP contribution in [0.15, 0.2) is 0 Å². The van der Waals surface area contributed by atoms with E-state index in [1.165, 1.54) is 0 Å². The first-order valence-electron chi connectivity index (χ1n) is 4.10. The van der Waals surface area contributed by atoms with Crippen LogP contribution in [0.4, 0.5) is 0 Å². The van der Waals surface area contributed by atoms with Gasteiger partial charge in [-0.3, -0.25) is 0 Å². The van der Waals surface area contributed by atoms with Crippen molar-refractivity contribution in [3.8, 4) is 0 Å². The molecule has 4 atom stereocenters. The minimum Gasteiger partial charge on any atom is -0.479 e. The molecule has 0 bridgehead atoms. The molecule has 0 spiro atoms. The zero-order valence-corrected chi connectivity index (χ0v) is 7.43. The molecule has 0 saturated heterocycles. The Morgan fingerprint density at radius 2 is 1.20 bits per heavy atom. The lowest BCUT2D eigenvalue weighted by atomic mass is 9.75. The van der Waals surface area contributed by atoms with Crippen LogP contribution in [0.5, 0.6) is 0 Å². The molecular weight excluding hydrogens is 212 g/mol. The Morgan fingerprint density at radius 1 is 0.867 bits per heavy atom. The second kappa shape index (κ2) is 3.67. The molecule has 0 amide bonds. The Kier molecular flexibility index (Phi) is 3.01. The molecule has 15 heavy (non-hydrogen) atoms. The quantitative estimate of drug-likeness (QED) is 0.235. The molecule has 0 aromatic heterocycles. The number of carbonyl (C=O) groups is 1. The van der Waals surface area contributed by atoms with Gasteiger partial charge >= 0.3 is 5.97 Å². The number of aliphatic hydroxyl groups is 6. The Hall–Kier alpha value is -0.770. The van der Waals surface area contributed by atoms with Crippen molar-refractivity contribution in [1.82, 2.24) is 0 Å². The van der Waals surface area contributed by atoms with E-state index in [2.05, 4.69) is 0 Å². The Morgan fingerprint density at radius 3 is 1.47 bits per heavy atom. The number of rotatable bonds is 1. The zero-order chi connectivity index (χ0) is 12.0. The first kappa shape index (κ1) is 12.3. The highest BCUT2D eigenvalue weighted by Crippen LogP contribution is 2.30. The van der Waals surface area contributed by atoms with Crippen LogP contribution < -0.4 is 0 Å². The molecule has 8 heteroatoms. The van der Waals surface area contributed by atoms with E-state index >= 15 is 0 Å². The lowest BCUT2D eigenvalue weighted by Gasteiger charge is -2.44. The zero-order valence-electron chi connectivity index (χ0n) is 7.43. The highest BCUT2D eigenvalue weighted by molar-refractivity contribution is 5.79. The highest BCUT2D eigenvalue weighted by Gasteiger charge is 2.62. The standard InChI is InChI=1S/C7H12O8/c8-1-2(9)4(11)7(15,6(13)14)5(12)3(1)10/h1-5,8-12,15H,(H,13,14). The molecule has 1 fully saturated rings. The summed E-state index contributed by atoms with van der Waals surface area (Å²) in [6, 6.07) is 0. The van der Waals surface area contributed by atoms with Gasteiger partial charge in [-0.1, -0.05) is 0 Å². The van der Waals surface area contributed by atoms with Gasteiger partial charge in [0.25, 0.3) is 0 Å². The van der Waals surface area contributed by atoms with Crippen molar-refractivity contribution in [3.05, 3.63) is 0 Å². The predicted molar refractivity (Wildman–Crippen MR) is 42.6 cm³/mol. The van der Waals surface area contributed by atoms with Gasteiger partial charge < -0.3 is 35.7 Å². The summed E-state index contributed by atoms with van der Waals surface area (Å²) in [5, 5.41) is 63.8. The van der Waals surface area contributed by atoms with Crippen LogP contribution in [0.25, 0.3) is 0 Å². The van der Waals surface area contributed by atoms with Crippen LogP contribution in [-0.2, 0) is 4.79 Å². The third-order valence-electron chi connectivity index (χ3n) is 2.59. The van der Waals surface area contributed by atoms with E-state index in [-0.39, 0.29) is 0 Å². The average Bonchev–Trinajstić information content (AvgIpc) is 2.20. The first-order chi connectivity index (χ1) is 6.74. The molecule has 4 unspecified atom stereocenters. The largest absolute Gasteiger partial charge is 0.479 e. The number of hydrogen-bond acceptors (Lipinski definition) is 7. The van der Waals surface area contributed by atoms with Crippen LogP contribution >= 0.6 is 0 Å². The number of aliphatic carboxylic acids is 1. The van der Waals surface area contributed by atoms with E-state index in [1.807, 2.05) is 0 Å². The number of carboxylic acids is 1. The molecule has 1 saturated carbocycles. The van der Waals surface area contributed by atoms with Gasteiger partial charge in [-0.05, 0) is 0 Å². The summed E-state index contributed by atoms with van der Waals surface area (Å²) in [5.74, 6) is -2.01. The molecule has 0 aromatic rings. The molecule has 0 radical (unpaired) electrons. The monoisotopic (exact) mass is 224 g/mol. The fraction of sp³-hybridized carbons (Fsp3) is 0.857. The lowest BCUT2D eigenvalue weighted by molar-refractivity contribution is -0.266. The summed E-state index contributed by atoms with van der Waals surface area (Å²) in [6.45, 7) is 0. The molecule has 0 aromatic carbocycles. The topological polar surface area (TPSA) is 159 Å². The van der Waals surface area contributed by atoms with E-state index in [4.69, 9.17) is 20.4 Å². The molecule has 0 aliphatic heterocycles. The third-order valence-corrected chi connectivity index (χ3v) is 2.59. The smallest absolute Gasteiger partial charge is 0.341 e. The summed E-state index contributed by atoms with van der Waals surface area (Å²) >= 11 is 0. The van der Waals surface area contributed by atoms with Crippen LogP contribution in [-0.4, -0.2) is 77.8 Å². The summed E-state index contributed by atoms with van der Waals surface area (Å²) in [6.07, 6.45) is -10.7. The van der Waals surface area contributed by atoms with Crippen molar-refractivity contribution in [3.63, 3.8) is 0 Å². The fourth-order valence-electron chi connectivity index (χ4n) is 1.52. The minimum atomic E-state index is -3.11. The molecule has 7 N–H and O–H groups in total. The maximum Gasteiger partial charge on any atom is 0.341 e. The fourth-order valence-corrected chi connectivity index (χ4v) is 1.52. The van der Waals surface area contributed by atoms with Crippen molar-refractivity contribution in [2.45, 2.75) is 36.1 Å². The predicted octanol–water partition coefficient (Wildman–Crippen LogP) is -4.38. The van der Waals surface area contributed by atoms with Crippen LogP contribution in [0.1, 0.15) is 0 Å². The van der Waals surface area contributed by atoms with Crippen LogP contribution in [0, 0.1) is 0 Å².